The van der Waals surface area contributed by atoms with Gasteiger partial charge in [-0.2, -0.15) is 13.2 Å². The van der Waals surface area contributed by atoms with Gasteiger partial charge >= 0.3 is 5.51 Å². The van der Waals surface area contributed by atoms with Gasteiger partial charge in [0.05, 0.1) is 5.25 Å². The molecule has 0 N–H and O–H groups in total. The zero-order chi connectivity index (χ0) is 18.2. The number of alkyl halides is 4. The Morgan fingerprint density at radius 1 is 1.08 bits per heavy atom. The summed E-state index contributed by atoms with van der Waals surface area (Å²) < 4.78 is 100. The van der Waals surface area contributed by atoms with E-state index in [2.05, 4.69) is 0 Å². The quantitative estimate of drug-likeness (QED) is 0.696. The lowest BCUT2D eigenvalue weighted by Gasteiger charge is -2.26. The fourth-order valence-corrected chi connectivity index (χ4v) is 7.18. The van der Waals surface area contributed by atoms with Crippen LogP contribution >= 0.6 is 0 Å². The molecule has 0 bridgehead atoms. The number of hydrogen-bond acceptors (Lipinski definition) is 4. The van der Waals surface area contributed by atoms with Crippen molar-refractivity contribution in [2.45, 2.75) is 49.0 Å². The Balaban J connectivity index is 2.64. The van der Waals surface area contributed by atoms with Crippen molar-refractivity contribution < 1.29 is 34.4 Å². The van der Waals surface area contributed by atoms with E-state index < -0.39 is 52.8 Å². The molecule has 2 aliphatic rings. The average Bonchev–Trinajstić information content (AvgIpc) is 2.46. The van der Waals surface area contributed by atoms with Gasteiger partial charge in [0.2, 0.25) is 0 Å². The van der Waals surface area contributed by atoms with Crippen molar-refractivity contribution >= 4 is 19.7 Å². The number of hydrogen-bond donors (Lipinski definition) is 0. The van der Waals surface area contributed by atoms with Gasteiger partial charge in [0.25, 0.3) is 9.84 Å². The van der Waals surface area contributed by atoms with Crippen molar-refractivity contribution in [1.82, 2.24) is 0 Å². The van der Waals surface area contributed by atoms with Crippen molar-refractivity contribution in [1.29, 1.82) is 0 Å². The minimum absolute atomic E-state index is 0.0630. The number of halogens is 4. The summed E-state index contributed by atoms with van der Waals surface area (Å²) >= 11 is 0. The third-order valence-electron chi connectivity index (χ3n) is 3.95. The van der Waals surface area contributed by atoms with Gasteiger partial charge in [-0.1, -0.05) is 24.3 Å². The standard InChI is InChI=1S/C14H16F4O4S2/c15-11-7-4-8-12(9-11)23(19,20)13(10-5-2-1-3-6-10)24(21,22)14(16,17)18/h1-3,5,11-12H,4,6-9H2/b13-10-. The molecule has 2 rings (SSSR count). The second kappa shape index (κ2) is 6.62. The Kier molecular flexibility index (Phi) is 5.29. The van der Waals surface area contributed by atoms with Crippen molar-refractivity contribution in [2.24, 2.45) is 0 Å². The summed E-state index contributed by atoms with van der Waals surface area (Å²) in [6, 6.07) is 0. The van der Waals surface area contributed by atoms with Crippen LogP contribution in [0, 0.1) is 0 Å². The molecule has 0 aromatic carbocycles. The molecule has 0 aromatic rings. The molecule has 1 saturated carbocycles. The molecule has 1 fully saturated rings. The fraction of sp³-hybridized carbons (Fsp3) is 0.571. The molecule has 0 saturated heterocycles. The Bertz CT molecular complexity index is 789. The summed E-state index contributed by atoms with van der Waals surface area (Å²) in [6.45, 7) is 0. The molecule has 0 amide bonds. The van der Waals surface area contributed by atoms with Gasteiger partial charge in [0, 0.05) is 0 Å². The maximum absolute atomic E-state index is 13.5. The number of sulfone groups is 2. The monoisotopic (exact) mass is 388 g/mol. The largest absolute Gasteiger partial charge is 0.502 e. The predicted molar refractivity (Wildman–Crippen MR) is 81.0 cm³/mol. The van der Waals surface area contributed by atoms with Gasteiger partial charge < -0.3 is 0 Å². The summed E-state index contributed by atoms with van der Waals surface area (Å²) in [5.74, 6) is 0. The minimum atomic E-state index is -6.08. The van der Waals surface area contributed by atoms with E-state index in [0.717, 1.165) is 6.08 Å². The van der Waals surface area contributed by atoms with Gasteiger partial charge in [-0.05, 0) is 37.7 Å². The highest BCUT2D eigenvalue weighted by Crippen LogP contribution is 2.40. The van der Waals surface area contributed by atoms with E-state index in [-0.39, 0.29) is 25.7 Å². The van der Waals surface area contributed by atoms with Crippen LogP contribution in [-0.4, -0.2) is 33.8 Å². The van der Waals surface area contributed by atoms with E-state index >= 15 is 0 Å². The van der Waals surface area contributed by atoms with Gasteiger partial charge in [0.1, 0.15) is 6.17 Å². The lowest BCUT2D eigenvalue weighted by atomic mass is 9.98. The molecule has 0 radical (unpaired) electrons. The highest BCUT2D eigenvalue weighted by atomic mass is 32.3. The van der Waals surface area contributed by atoms with Crippen molar-refractivity contribution in [3.8, 4) is 0 Å². The summed E-state index contributed by atoms with van der Waals surface area (Å²) in [6.07, 6.45) is 3.12. The van der Waals surface area contributed by atoms with E-state index in [1.807, 2.05) is 0 Å². The molecule has 2 aliphatic carbocycles. The summed E-state index contributed by atoms with van der Waals surface area (Å²) in [5, 5.41) is -1.47. The lowest BCUT2D eigenvalue weighted by molar-refractivity contribution is -0.0425. The Morgan fingerprint density at radius 2 is 1.75 bits per heavy atom. The van der Waals surface area contributed by atoms with E-state index in [1.54, 1.807) is 0 Å². The van der Waals surface area contributed by atoms with E-state index in [1.165, 1.54) is 18.2 Å². The zero-order valence-corrected chi connectivity index (χ0v) is 14.1. The fourth-order valence-electron chi connectivity index (χ4n) is 2.80. The Labute approximate surface area is 137 Å². The molecule has 0 aromatic heterocycles. The summed E-state index contributed by atoms with van der Waals surface area (Å²) in [5.41, 5.74) is -6.20. The molecule has 0 aliphatic heterocycles. The third-order valence-corrected chi connectivity index (χ3v) is 8.75. The van der Waals surface area contributed by atoms with Crippen LogP contribution in [0.25, 0.3) is 0 Å². The number of allylic oxidation sites excluding steroid dienone is 5. The van der Waals surface area contributed by atoms with Crippen molar-refractivity contribution in [3.05, 3.63) is 34.1 Å². The first kappa shape index (κ1) is 19.2. The van der Waals surface area contributed by atoms with Crippen LogP contribution < -0.4 is 0 Å². The minimum Gasteiger partial charge on any atom is -0.247 e. The SMILES string of the molecule is O=S(=O)(/C(=C1\C=CC=CC1)S(=O)(=O)C(F)(F)F)C1CCCC(F)C1. The van der Waals surface area contributed by atoms with Crippen LogP contribution in [0.3, 0.4) is 0 Å². The van der Waals surface area contributed by atoms with Crippen molar-refractivity contribution in [3.63, 3.8) is 0 Å². The molecule has 4 nitrogen and oxygen atoms in total. The van der Waals surface area contributed by atoms with E-state index in [0.29, 0.717) is 0 Å². The first-order valence-corrected chi connectivity index (χ1v) is 10.3. The third kappa shape index (κ3) is 3.58. The van der Waals surface area contributed by atoms with Gasteiger partial charge in [-0.3, -0.25) is 0 Å². The molecular weight excluding hydrogens is 372 g/mol. The molecule has 24 heavy (non-hydrogen) atoms. The maximum atomic E-state index is 13.5. The highest BCUT2D eigenvalue weighted by Gasteiger charge is 2.54. The van der Waals surface area contributed by atoms with Gasteiger partial charge in [0.15, 0.2) is 14.1 Å². The van der Waals surface area contributed by atoms with E-state index in [9.17, 15) is 34.4 Å². The molecular formula is C14H16F4O4S2. The Morgan fingerprint density at radius 3 is 2.25 bits per heavy atom. The Hall–Kier alpha value is -1.16. The molecule has 136 valence electrons. The maximum Gasteiger partial charge on any atom is 0.502 e. The van der Waals surface area contributed by atoms with Gasteiger partial charge in [-0.15, -0.1) is 0 Å². The molecule has 2 atom stereocenters. The highest BCUT2D eigenvalue weighted by molar-refractivity contribution is 8.15. The average molecular weight is 388 g/mol. The van der Waals surface area contributed by atoms with Crippen LogP contribution in [-0.2, 0) is 19.7 Å². The molecule has 10 heteroatoms. The first-order chi connectivity index (χ1) is 11.0. The summed E-state index contributed by atoms with van der Waals surface area (Å²) in [7, 11) is -10.9. The predicted octanol–water partition coefficient (Wildman–Crippen LogP) is 3.34. The first-order valence-electron chi connectivity index (χ1n) is 7.23. The normalized spacial score (nSPS) is 28.0. The molecule has 0 spiro atoms. The second-order valence-electron chi connectivity index (χ2n) is 5.68. The molecule has 2 unspecified atom stereocenters. The van der Waals surface area contributed by atoms with Crippen LogP contribution in [0.2, 0.25) is 0 Å². The topological polar surface area (TPSA) is 68.3 Å². The van der Waals surface area contributed by atoms with Crippen LogP contribution in [0.5, 0.6) is 0 Å². The zero-order valence-electron chi connectivity index (χ0n) is 12.5. The number of rotatable bonds is 3. The lowest BCUT2D eigenvalue weighted by Crippen LogP contribution is -2.36. The second-order valence-corrected chi connectivity index (χ2v) is 9.99. The van der Waals surface area contributed by atoms with Crippen molar-refractivity contribution in [2.75, 3.05) is 0 Å². The summed E-state index contributed by atoms with van der Waals surface area (Å²) in [4.78, 5) is 0. The van der Waals surface area contributed by atoms with Crippen LogP contribution in [0.15, 0.2) is 34.1 Å². The molecule has 0 heterocycles. The van der Waals surface area contributed by atoms with Gasteiger partial charge in [-0.25, -0.2) is 21.2 Å². The van der Waals surface area contributed by atoms with Crippen LogP contribution in [0.1, 0.15) is 32.1 Å². The van der Waals surface area contributed by atoms with E-state index in [4.69, 9.17) is 0 Å². The smallest absolute Gasteiger partial charge is 0.247 e. The van der Waals surface area contributed by atoms with Crippen LogP contribution in [0.4, 0.5) is 17.6 Å².